The normalized spacial score (nSPS) is 17.0. The third-order valence-electron chi connectivity index (χ3n) is 4.26. The van der Waals surface area contributed by atoms with E-state index in [2.05, 4.69) is 22.5 Å². The van der Waals surface area contributed by atoms with Crippen molar-refractivity contribution in [2.24, 2.45) is 4.99 Å². The Balaban J connectivity index is 2.12. The fourth-order valence-electron chi connectivity index (χ4n) is 2.94. The van der Waals surface area contributed by atoms with Crippen LogP contribution in [0.1, 0.15) is 58.3 Å². The number of guanidine groups is 1. The Bertz CT molecular complexity index is 289. The average molecular weight is 327 g/mol. The zero-order valence-corrected chi connectivity index (χ0v) is 15.4. The van der Waals surface area contributed by atoms with Crippen LogP contribution >= 0.6 is 0 Å². The van der Waals surface area contributed by atoms with E-state index in [0.29, 0.717) is 0 Å². The van der Waals surface area contributed by atoms with Gasteiger partial charge < -0.3 is 20.3 Å². The molecule has 0 aromatic rings. The number of ether oxygens (including phenoxy) is 1. The van der Waals surface area contributed by atoms with Crippen molar-refractivity contribution in [3.8, 4) is 0 Å². The van der Waals surface area contributed by atoms with Gasteiger partial charge in [0.2, 0.25) is 0 Å². The van der Waals surface area contributed by atoms with E-state index < -0.39 is 0 Å². The molecule has 23 heavy (non-hydrogen) atoms. The third-order valence-corrected chi connectivity index (χ3v) is 4.26. The molecule has 1 aliphatic heterocycles. The lowest BCUT2D eigenvalue weighted by Crippen LogP contribution is -2.38. The van der Waals surface area contributed by atoms with Crippen LogP contribution in [-0.4, -0.2) is 63.8 Å². The second-order valence-electron chi connectivity index (χ2n) is 6.35. The van der Waals surface area contributed by atoms with Gasteiger partial charge in [-0.05, 0) is 65.1 Å². The lowest BCUT2D eigenvalue weighted by molar-refractivity contribution is 0.192. The number of unbranched alkanes of at least 4 members (excludes halogenated alkanes) is 2. The summed E-state index contributed by atoms with van der Waals surface area (Å²) in [7, 11) is 1.76. The molecule has 2 N–H and O–H groups in total. The van der Waals surface area contributed by atoms with E-state index in [-0.39, 0.29) is 0 Å². The molecule has 1 saturated heterocycles. The van der Waals surface area contributed by atoms with Crippen molar-refractivity contribution in [3.05, 3.63) is 0 Å². The van der Waals surface area contributed by atoms with Gasteiger partial charge >= 0.3 is 0 Å². The van der Waals surface area contributed by atoms with Crippen molar-refractivity contribution >= 4 is 5.96 Å². The number of likely N-dealkylation sites (tertiary alicyclic amines) is 1. The third kappa shape index (κ3) is 11.4. The van der Waals surface area contributed by atoms with Gasteiger partial charge in [-0.2, -0.15) is 0 Å². The summed E-state index contributed by atoms with van der Waals surface area (Å²) in [5.41, 5.74) is 0. The molecule has 0 saturated carbocycles. The van der Waals surface area contributed by atoms with Crippen LogP contribution in [0.2, 0.25) is 0 Å². The van der Waals surface area contributed by atoms with Crippen molar-refractivity contribution in [2.75, 3.05) is 53.0 Å². The van der Waals surface area contributed by atoms with Crippen LogP contribution < -0.4 is 10.6 Å². The smallest absolute Gasteiger partial charge is 0.191 e. The van der Waals surface area contributed by atoms with E-state index in [1.807, 2.05) is 0 Å². The fraction of sp³-hybridized carbons (Fsp3) is 0.944. The maximum Gasteiger partial charge on any atom is 0.191 e. The van der Waals surface area contributed by atoms with E-state index in [4.69, 9.17) is 9.73 Å². The quantitative estimate of drug-likeness (QED) is 0.348. The first-order chi connectivity index (χ1) is 11.4. The predicted octanol–water partition coefficient (Wildman–Crippen LogP) is 2.62. The first-order valence-corrected chi connectivity index (χ1v) is 9.60. The lowest BCUT2D eigenvalue weighted by Gasteiger charge is -2.19. The standard InChI is InChI=1S/C18H38N4O/c1-3-19-18(20-12-7-6-10-17-23-2)21-13-11-16-22-14-8-4-5-9-15-22/h3-17H2,1-2H3,(H2,19,20,21). The Hall–Kier alpha value is -0.810. The Morgan fingerprint density at radius 2 is 1.78 bits per heavy atom. The molecule has 0 radical (unpaired) electrons. The van der Waals surface area contributed by atoms with Crippen molar-refractivity contribution in [1.29, 1.82) is 0 Å². The topological polar surface area (TPSA) is 48.9 Å². The highest BCUT2D eigenvalue weighted by atomic mass is 16.5. The number of nitrogens with zero attached hydrogens (tertiary/aromatic N) is 2. The number of rotatable bonds is 11. The molecule has 5 heteroatoms. The highest BCUT2D eigenvalue weighted by molar-refractivity contribution is 5.79. The van der Waals surface area contributed by atoms with Gasteiger partial charge in [-0.3, -0.25) is 4.99 Å². The van der Waals surface area contributed by atoms with Gasteiger partial charge in [0, 0.05) is 33.4 Å². The molecule has 136 valence electrons. The SMILES string of the molecule is CCNC(=NCCCN1CCCCCC1)NCCCCCOC. The van der Waals surface area contributed by atoms with Gasteiger partial charge in [0.15, 0.2) is 5.96 Å². The second kappa shape index (κ2) is 14.8. The van der Waals surface area contributed by atoms with E-state index in [1.54, 1.807) is 7.11 Å². The first-order valence-electron chi connectivity index (χ1n) is 9.60. The Kier molecular flexibility index (Phi) is 13.0. The summed E-state index contributed by atoms with van der Waals surface area (Å²) in [6.45, 7) is 9.56. The van der Waals surface area contributed by atoms with Crippen molar-refractivity contribution in [3.63, 3.8) is 0 Å². The average Bonchev–Trinajstić information content (AvgIpc) is 2.83. The molecular weight excluding hydrogens is 288 g/mol. The molecule has 1 aliphatic rings. The maximum atomic E-state index is 5.07. The fourth-order valence-corrected chi connectivity index (χ4v) is 2.94. The van der Waals surface area contributed by atoms with Crippen LogP contribution in [0.15, 0.2) is 4.99 Å². The molecule has 0 amide bonds. The zero-order valence-electron chi connectivity index (χ0n) is 15.4. The molecule has 1 fully saturated rings. The first kappa shape index (κ1) is 20.2. The summed E-state index contributed by atoms with van der Waals surface area (Å²) < 4.78 is 5.07. The minimum Gasteiger partial charge on any atom is -0.385 e. The lowest BCUT2D eigenvalue weighted by atomic mass is 10.2. The van der Waals surface area contributed by atoms with E-state index >= 15 is 0 Å². The number of methoxy groups -OCH3 is 1. The van der Waals surface area contributed by atoms with Gasteiger partial charge in [0.25, 0.3) is 0 Å². The van der Waals surface area contributed by atoms with E-state index in [9.17, 15) is 0 Å². The minimum atomic E-state index is 0.866. The highest BCUT2D eigenvalue weighted by Gasteiger charge is 2.07. The Labute approximate surface area is 143 Å². The summed E-state index contributed by atoms with van der Waals surface area (Å²) >= 11 is 0. The summed E-state index contributed by atoms with van der Waals surface area (Å²) in [4.78, 5) is 7.31. The van der Waals surface area contributed by atoms with Gasteiger partial charge in [0.1, 0.15) is 0 Å². The van der Waals surface area contributed by atoms with Crippen molar-refractivity contribution in [1.82, 2.24) is 15.5 Å². The zero-order chi connectivity index (χ0) is 16.6. The molecule has 0 spiro atoms. The molecule has 0 bridgehead atoms. The molecule has 1 heterocycles. The van der Waals surface area contributed by atoms with Crippen LogP contribution in [0, 0.1) is 0 Å². The number of hydrogen-bond acceptors (Lipinski definition) is 3. The molecule has 0 unspecified atom stereocenters. The summed E-state index contributed by atoms with van der Waals surface area (Å²) in [6, 6.07) is 0. The van der Waals surface area contributed by atoms with Crippen LogP contribution in [0.25, 0.3) is 0 Å². The minimum absolute atomic E-state index is 0.866. The van der Waals surface area contributed by atoms with Crippen LogP contribution in [0.3, 0.4) is 0 Å². The Morgan fingerprint density at radius 1 is 1.00 bits per heavy atom. The second-order valence-corrected chi connectivity index (χ2v) is 6.35. The maximum absolute atomic E-state index is 5.07. The van der Waals surface area contributed by atoms with Crippen molar-refractivity contribution < 1.29 is 4.74 Å². The number of aliphatic imine (C=N–C) groups is 1. The van der Waals surface area contributed by atoms with E-state index in [0.717, 1.165) is 45.0 Å². The van der Waals surface area contributed by atoms with E-state index in [1.165, 1.54) is 58.2 Å². The van der Waals surface area contributed by atoms with Crippen molar-refractivity contribution in [2.45, 2.75) is 58.3 Å². The molecule has 0 aliphatic carbocycles. The van der Waals surface area contributed by atoms with Gasteiger partial charge in [-0.15, -0.1) is 0 Å². The van der Waals surface area contributed by atoms with Crippen LogP contribution in [0.4, 0.5) is 0 Å². The highest BCUT2D eigenvalue weighted by Crippen LogP contribution is 2.09. The number of hydrogen-bond donors (Lipinski definition) is 2. The summed E-state index contributed by atoms with van der Waals surface area (Å²) in [5.74, 6) is 0.968. The van der Waals surface area contributed by atoms with Gasteiger partial charge in [-0.25, -0.2) is 0 Å². The molecule has 0 aromatic heterocycles. The van der Waals surface area contributed by atoms with Gasteiger partial charge in [0.05, 0.1) is 0 Å². The Morgan fingerprint density at radius 3 is 2.48 bits per heavy atom. The van der Waals surface area contributed by atoms with Crippen LogP contribution in [-0.2, 0) is 4.74 Å². The molecule has 0 atom stereocenters. The van der Waals surface area contributed by atoms with Crippen LogP contribution in [0.5, 0.6) is 0 Å². The predicted molar refractivity (Wildman–Crippen MR) is 99.2 cm³/mol. The molecule has 1 rings (SSSR count). The number of nitrogens with one attached hydrogen (secondary N) is 2. The largest absolute Gasteiger partial charge is 0.385 e. The van der Waals surface area contributed by atoms with Gasteiger partial charge in [-0.1, -0.05) is 12.8 Å². The molecular formula is C18H38N4O. The monoisotopic (exact) mass is 326 g/mol. The molecule has 5 nitrogen and oxygen atoms in total. The summed E-state index contributed by atoms with van der Waals surface area (Å²) in [5, 5.41) is 6.76. The summed E-state index contributed by atoms with van der Waals surface area (Å²) in [6.07, 6.45) is 10.2. The molecule has 0 aromatic carbocycles.